The molecule has 3 heterocycles. The van der Waals surface area contributed by atoms with Crippen molar-refractivity contribution in [1.82, 2.24) is 14.9 Å². The Balaban J connectivity index is 0.000000795. The number of ether oxygens (including phenoxy) is 1. The molecule has 1 aromatic heterocycles. The summed E-state index contributed by atoms with van der Waals surface area (Å²) in [5.74, 6) is 0.342. The Bertz CT molecular complexity index is 1200. The maximum Gasteiger partial charge on any atom is 0.300 e. The van der Waals surface area contributed by atoms with Gasteiger partial charge in [-0.05, 0) is 42.2 Å². The molecule has 1 amide bonds. The number of benzene rings is 1. The number of methoxy groups -OCH3 is 1. The number of piperidine rings is 1. The number of hydrogen-bond donors (Lipinski definition) is 2. The van der Waals surface area contributed by atoms with Gasteiger partial charge in [-0.15, -0.1) is 0 Å². The summed E-state index contributed by atoms with van der Waals surface area (Å²) in [4.78, 5) is 35.0. The first-order valence-electron chi connectivity index (χ1n) is 11.3. The van der Waals surface area contributed by atoms with E-state index in [1.54, 1.807) is 25.5 Å². The number of rotatable bonds is 6. The second kappa shape index (κ2) is 11.9. The summed E-state index contributed by atoms with van der Waals surface area (Å²) in [5.41, 5.74) is 5.45. The number of aromatic nitrogens is 1. The standard InChI is InChI=1S/C23H25N5O3.C2H4O2/c1-31-21-6-5-16(11-25-26-22(29)7-8-24)9-19(21)15-27-12-17-10-18(14-27)20-3-2-4-23(30)28(20)13-17;1-2(3)4/h2-6,9,11,17-18H,7,10,12-15H2,1H3,(H,26,29);1H3,(H,3,4)/b25-11+;/t17-,18-;/m0./s1. The molecular formula is C25H29N5O5. The van der Waals surface area contributed by atoms with Crippen molar-refractivity contribution in [1.29, 1.82) is 5.26 Å². The fourth-order valence-corrected chi connectivity index (χ4v) is 4.66. The van der Waals surface area contributed by atoms with Crippen LogP contribution in [0.3, 0.4) is 0 Å². The molecule has 0 unspecified atom stereocenters. The van der Waals surface area contributed by atoms with Gasteiger partial charge < -0.3 is 14.4 Å². The summed E-state index contributed by atoms with van der Waals surface area (Å²) in [6, 6.07) is 13.1. The summed E-state index contributed by atoms with van der Waals surface area (Å²) < 4.78 is 7.50. The number of hydrogen-bond acceptors (Lipinski definition) is 7. The largest absolute Gasteiger partial charge is 0.496 e. The lowest BCUT2D eigenvalue weighted by Crippen LogP contribution is -2.46. The third-order valence-electron chi connectivity index (χ3n) is 5.90. The van der Waals surface area contributed by atoms with E-state index in [-0.39, 0.29) is 12.0 Å². The van der Waals surface area contributed by atoms with Crippen LogP contribution in [0.1, 0.15) is 42.5 Å². The number of hydrazone groups is 1. The van der Waals surface area contributed by atoms with E-state index in [0.29, 0.717) is 11.8 Å². The Labute approximate surface area is 203 Å². The van der Waals surface area contributed by atoms with E-state index < -0.39 is 11.9 Å². The molecule has 0 aliphatic carbocycles. The number of nitrogens with zero attached hydrogens (tertiary/aromatic N) is 4. The second-order valence-corrected chi connectivity index (χ2v) is 8.61. The van der Waals surface area contributed by atoms with Gasteiger partial charge in [-0.1, -0.05) is 6.07 Å². The van der Waals surface area contributed by atoms with Gasteiger partial charge in [-0.2, -0.15) is 10.4 Å². The maximum atomic E-state index is 12.2. The molecule has 35 heavy (non-hydrogen) atoms. The zero-order chi connectivity index (χ0) is 25.4. The first kappa shape index (κ1) is 25.6. The molecule has 2 N–H and O–H groups in total. The Morgan fingerprint density at radius 3 is 2.77 bits per heavy atom. The number of amides is 1. The van der Waals surface area contributed by atoms with Gasteiger partial charge >= 0.3 is 0 Å². The number of pyridine rings is 1. The monoisotopic (exact) mass is 479 g/mol. The molecule has 2 aromatic rings. The average molecular weight is 480 g/mol. The highest BCUT2D eigenvalue weighted by Gasteiger charge is 2.34. The minimum atomic E-state index is -0.833. The van der Waals surface area contributed by atoms with Gasteiger partial charge in [-0.25, -0.2) is 5.43 Å². The van der Waals surface area contributed by atoms with E-state index in [2.05, 4.69) is 21.5 Å². The van der Waals surface area contributed by atoms with Crippen LogP contribution in [0.2, 0.25) is 0 Å². The summed E-state index contributed by atoms with van der Waals surface area (Å²) >= 11 is 0. The van der Waals surface area contributed by atoms with Crippen LogP contribution in [0.25, 0.3) is 0 Å². The smallest absolute Gasteiger partial charge is 0.300 e. The van der Waals surface area contributed by atoms with Crippen LogP contribution in [0.5, 0.6) is 5.75 Å². The average Bonchev–Trinajstić information content (AvgIpc) is 2.80. The van der Waals surface area contributed by atoms with Crippen LogP contribution in [0.15, 0.2) is 46.3 Å². The van der Waals surface area contributed by atoms with Crippen molar-refractivity contribution in [3.05, 3.63) is 63.6 Å². The predicted molar refractivity (Wildman–Crippen MR) is 129 cm³/mol. The topological polar surface area (TPSA) is 137 Å². The van der Waals surface area contributed by atoms with E-state index in [4.69, 9.17) is 19.9 Å². The number of carbonyl (C=O) groups is 2. The van der Waals surface area contributed by atoms with E-state index >= 15 is 0 Å². The number of carboxylic acids is 1. The van der Waals surface area contributed by atoms with Crippen molar-refractivity contribution >= 4 is 18.1 Å². The van der Waals surface area contributed by atoms with Gasteiger partial charge in [0.05, 0.1) is 19.4 Å². The lowest BCUT2D eigenvalue weighted by atomic mass is 9.83. The number of nitriles is 1. The maximum absolute atomic E-state index is 12.2. The van der Waals surface area contributed by atoms with Gasteiger partial charge in [0, 0.05) is 56.3 Å². The zero-order valence-electron chi connectivity index (χ0n) is 19.8. The van der Waals surface area contributed by atoms with Gasteiger partial charge in [0.25, 0.3) is 17.4 Å². The van der Waals surface area contributed by atoms with E-state index in [1.807, 2.05) is 28.8 Å². The van der Waals surface area contributed by atoms with Crippen LogP contribution < -0.4 is 15.7 Å². The van der Waals surface area contributed by atoms with Gasteiger partial charge in [0.1, 0.15) is 12.2 Å². The van der Waals surface area contributed by atoms with Gasteiger partial charge in [0.2, 0.25) is 0 Å². The number of nitrogens with one attached hydrogen (secondary N) is 1. The highest BCUT2D eigenvalue weighted by Crippen LogP contribution is 2.36. The van der Waals surface area contributed by atoms with Crippen molar-refractivity contribution in [3.63, 3.8) is 0 Å². The molecule has 1 saturated heterocycles. The number of likely N-dealkylation sites (tertiary alicyclic amines) is 1. The molecule has 1 fully saturated rings. The predicted octanol–water partition coefficient (Wildman–Crippen LogP) is 1.93. The van der Waals surface area contributed by atoms with Crippen LogP contribution in [-0.2, 0) is 22.7 Å². The lowest BCUT2D eigenvalue weighted by molar-refractivity contribution is -0.134. The molecule has 2 aliphatic heterocycles. The van der Waals surface area contributed by atoms with Crippen molar-refractivity contribution in [2.75, 3.05) is 20.2 Å². The van der Waals surface area contributed by atoms with Crippen molar-refractivity contribution < 1.29 is 19.4 Å². The summed E-state index contributed by atoms with van der Waals surface area (Å²) in [7, 11) is 1.66. The minimum absolute atomic E-state index is 0.0937. The fourth-order valence-electron chi connectivity index (χ4n) is 4.66. The first-order valence-corrected chi connectivity index (χ1v) is 11.3. The summed E-state index contributed by atoms with van der Waals surface area (Å²) in [6.07, 6.45) is 2.45. The van der Waals surface area contributed by atoms with Crippen molar-refractivity contribution in [2.24, 2.45) is 11.0 Å². The van der Waals surface area contributed by atoms with Gasteiger partial charge in [0.15, 0.2) is 0 Å². The van der Waals surface area contributed by atoms with Gasteiger partial charge in [-0.3, -0.25) is 19.3 Å². The quantitative estimate of drug-likeness (QED) is 0.477. The minimum Gasteiger partial charge on any atom is -0.496 e. The third-order valence-corrected chi connectivity index (χ3v) is 5.90. The summed E-state index contributed by atoms with van der Waals surface area (Å²) in [6.45, 7) is 4.42. The zero-order valence-corrected chi connectivity index (χ0v) is 19.8. The van der Waals surface area contributed by atoms with Crippen molar-refractivity contribution in [3.8, 4) is 11.8 Å². The molecule has 0 spiro atoms. The highest BCUT2D eigenvalue weighted by molar-refractivity contribution is 5.83. The van der Waals surface area contributed by atoms with E-state index in [9.17, 15) is 9.59 Å². The molecule has 2 bridgehead atoms. The lowest BCUT2D eigenvalue weighted by Gasteiger charge is -2.42. The van der Waals surface area contributed by atoms with Crippen LogP contribution in [-0.4, -0.2) is 52.9 Å². The normalized spacial score (nSPS) is 18.5. The SMILES string of the molecule is CC(=O)O.COc1ccc(/C=N/NC(=O)CC#N)cc1CN1C[C@@H]2C[C@@H](C1)c1cccc(=O)n1C2. The Hall–Kier alpha value is -3.97. The Kier molecular flexibility index (Phi) is 8.75. The molecule has 184 valence electrons. The highest BCUT2D eigenvalue weighted by atomic mass is 16.5. The number of fused-ring (bicyclic) bond motifs is 4. The van der Waals surface area contributed by atoms with E-state index in [1.165, 1.54) is 0 Å². The second-order valence-electron chi connectivity index (χ2n) is 8.61. The Morgan fingerprint density at radius 1 is 1.29 bits per heavy atom. The molecule has 0 radical (unpaired) electrons. The number of aliphatic carboxylic acids is 1. The molecule has 4 rings (SSSR count). The van der Waals surface area contributed by atoms with Crippen LogP contribution in [0, 0.1) is 17.2 Å². The molecular weight excluding hydrogens is 450 g/mol. The summed E-state index contributed by atoms with van der Waals surface area (Å²) in [5, 5.41) is 19.9. The van der Waals surface area contributed by atoms with Crippen molar-refractivity contribution in [2.45, 2.75) is 38.8 Å². The van der Waals surface area contributed by atoms with Crippen LogP contribution >= 0.6 is 0 Å². The fraction of sp³-hybridized carbons (Fsp3) is 0.400. The molecule has 0 saturated carbocycles. The van der Waals surface area contributed by atoms with E-state index in [0.717, 1.165) is 62.1 Å². The third kappa shape index (κ3) is 7.01. The first-order chi connectivity index (χ1) is 16.8. The number of carboxylic acid groups (broad SMARTS) is 1. The molecule has 1 aromatic carbocycles. The molecule has 10 nitrogen and oxygen atoms in total. The molecule has 10 heteroatoms. The Morgan fingerprint density at radius 2 is 2.06 bits per heavy atom. The molecule has 2 atom stereocenters. The number of carbonyl (C=O) groups excluding carboxylic acids is 1. The van der Waals surface area contributed by atoms with Crippen LogP contribution in [0.4, 0.5) is 0 Å². The molecule has 2 aliphatic rings.